The van der Waals surface area contributed by atoms with E-state index in [9.17, 15) is 26.3 Å². The van der Waals surface area contributed by atoms with Gasteiger partial charge in [0.1, 0.15) is 11.6 Å². The Morgan fingerprint density at radius 2 is 1.74 bits per heavy atom. The largest absolute Gasteiger partial charge is 0.417 e. The van der Waals surface area contributed by atoms with E-state index >= 15 is 0 Å². The van der Waals surface area contributed by atoms with Crippen LogP contribution in [0.2, 0.25) is 5.02 Å². The van der Waals surface area contributed by atoms with Crippen molar-refractivity contribution in [2.75, 3.05) is 35.8 Å². The van der Waals surface area contributed by atoms with Crippen LogP contribution in [0.25, 0.3) is 16.8 Å². The molecule has 1 aromatic heterocycles. The number of anilines is 4. The number of nitrogens with one attached hydrogen (secondary N) is 2. The quantitative estimate of drug-likeness (QED) is 0.121. The molecule has 47 heavy (non-hydrogen) atoms. The van der Waals surface area contributed by atoms with Crippen molar-refractivity contribution in [3.8, 4) is 0 Å². The summed E-state index contributed by atoms with van der Waals surface area (Å²) in [6.45, 7) is 6.94. The maximum Gasteiger partial charge on any atom is 0.417 e. The Labute approximate surface area is 277 Å². The van der Waals surface area contributed by atoms with Gasteiger partial charge in [-0.05, 0) is 60.6 Å². The summed E-state index contributed by atoms with van der Waals surface area (Å²) in [6.07, 6.45) is -3.66. The van der Waals surface area contributed by atoms with Gasteiger partial charge in [0.2, 0.25) is 0 Å². The lowest BCUT2D eigenvalue weighted by molar-refractivity contribution is -0.136. The summed E-state index contributed by atoms with van der Waals surface area (Å²) in [5.74, 6) is -0.604. The summed E-state index contributed by atoms with van der Waals surface area (Å²) in [4.78, 5) is 6.68. The summed E-state index contributed by atoms with van der Waals surface area (Å²) in [5.41, 5.74) is 0.255. The van der Waals surface area contributed by atoms with Gasteiger partial charge in [-0.1, -0.05) is 48.2 Å². The molecule has 0 amide bonds. The van der Waals surface area contributed by atoms with Gasteiger partial charge in [-0.3, -0.25) is 0 Å². The van der Waals surface area contributed by atoms with E-state index in [-0.39, 0.29) is 49.8 Å². The number of nitrogens with zero attached hydrogens (tertiary/aromatic N) is 3. The zero-order valence-corrected chi connectivity index (χ0v) is 26.1. The Kier molecular flexibility index (Phi) is 10.7. The van der Waals surface area contributed by atoms with Gasteiger partial charge in [0, 0.05) is 40.5 Å². The van der Waals surface area contributed by atoms with Crippen LogP contribution < -0.4 is 20.4 Å². The molecule has 0 aliphatic heterocycles. The standard InChI is InChI=1S/C32H27B3ClF6N5/c1-5-18-27(28(43-3)21-14-17(37)10-11-23(21)36)24(15-25(46(4)16-26(38)39)29(18)47(6-2)32(33,34)35)45-30-20-8-7-9-22(31(40,41)42)19(20)12-13-44-30/h5-15,26,28,43H,1-2,16H2,3-4H3,(H,44,45). The highest BCUT2D eigenvalue weighted by Gasteiger charge is 2.34. The number of pyridine rings is 1. The highest BCUT2D eigenvalue weighted by atomic mass is 35.5. The van der Waals surface area contributed by atoms with E-state index in [2.05, 4.69) is 28.8 Å². The third-order valence-corrected chi connectivity index (χ3v) is 7.78. The van der Waals surface area contributed by atoms with Crippen molar-refractivity contribution in [1.29, 1.82) is 0 Å². The van der Waals surface area contributed by atoms with E-state index < -0.39 is 41.8 Å². The first kappa shape index (κ1) is 35.8. The molecule has 0 bridgehead atoms. The zero-order valence-electron chi connectivity index (χ0n) is 25.3. The lowest BCUT2D eigenvalue weighted by atomic mass is 9.48. The molecule has 0 aliphatic rings. The molecule has 238 valence electrons. The number of hydrogen-bond acceptors (Lipinski definition) is 5. The van der Waals surface area contributed by atoms with E-state index in [1.54, 1.807) is 7.05 Å². The highest BCUT2D eigenvalue weighted by Crippen LogP contribution is 2.47. The summed E-state index contributed by atoms with van der Waals surface area (Å²) in [6, 6.07) is 9.11. The summed E-state index contributed by atoms with van der Waals surface area (Å²) >= 11 is 6.56. The van der Waals surface area contributed by atoms with Crippen molar-refractivity contribution in [3.05, 3.63) is 107 Å². The second-order valence-electron chi connectivity index (χ2n) is 10.6. The molecule has 4 rings (SSSR count). The molecule has 2 N–H and O–H groups in total. The third-order valence-electron chi connectivity index (χ3n) is 7.44. The molecule has 0 spiro atoms. The predicted molar refractivity (Wildman–Crippen MR) is 181 cm³/mol. The van der Waals surface area contributed by atoms with E-state index in [0.717, 1.165) is 11.0 Å². The molecule has 0 saturated heterocycles. The molecule has 15 heteroatoms. The summed E-state index contributed by atoms with van der Waals surface area (Å²) in [7, 11) is 21.3. The SMILES string of the molecule is [B]C([B])([B])N(C=C)c1c(N(C)CC(F)F)cc(Nc2nccc3c(C(F)(F)F)cccc23)c(C(NC)c2cc(F)ccc2Cl)c1C=C. The fraction of sp³-hybridized carbons (Fsp3) is 0.219. The molecule has 3 aromatic carbocycles. The van der Waals surface area contributed by atoms with Gasteiger partial charge in [-0.15, -0.1) is 0 Å². The third kappa shape index (κ3) is 7.44. The molecular formula is C32H27B3ClF6N5. The van der Waals surface area contributed by atoms with Gasteiger partial charge in [0.25, 0.3) is 6.43 Å². The monoisotopic (exact) mass is 663 g/mol. The molecular weight excluding hydrogens is 636 g/mol. The zero-order chi connectivity index (χ0) is 34.8. The number of aromatic nitrogens is 1. The van der Waals surface area contributed by atoms with Crippen molar-refractivity contribution in [2.45, 2.75) is 23.9 Å². The van der Waals surface area contributed by atoms with Crippen molar-refractivity contribution >= 4 is 74.9 Å². The molecule has 0 aliphatic carbocycles. The van der Waals surface area contributed by atoms with Gasteiger partial charge < -0.3 is 20.4 Å². The smallest absolute Gasteiger partial charge is 0.367 e. The first-order valence-corrected chi connectivity index (χ1v) is 14.4. The first-order chi connectivity index (χ1) is 22.0. The minimum Gasteiger partial charge on any atom is -0.367 e. The average Bonchev–Trinajstić information content (AvgIpc) is 2.98. The lowest BCUT2D eigenvalue weighted by Crippen LogP contribution is -2.48. The van der Waals surface area contributed by atoms with Crippen molar-refractivity contribution in [1.82, 2.24) is 10.3 Å². The maximum atomic E-state index is 14.6. The predicted octanol–water partition coefficient (Wildman–Crippen LogP) is 7.51. The number of alkyl halides is 5. The van der Waals surface area contributed by atoms with Crippen molar-refractivity contribution in [3.63, 3.8) is 0 Å². The Bertz CT molecular complexity index is 1800. The minimum absolute atomic E-state index is 0.00617. The van der Waals surface area contributed by atoms with Crippen LogP contribution >= 0.6 is 11.6 Å². The normalized spacial score (nSPS) is 12.6. The number of halogens is 7. The molecule has 1 heterocycles. The van der Waals surface area contributed by atoms with Crippen LogP contribution in [0.15, 0.2) is 74.1 Å². The Morgan fingerprint density at radius 3 is 2.32 bits per heavy atom. The van der Waals surface area contributed by atoms with Crippen LogP contribution in [0, 0.1) is 5.82 Å². The Morgan fingerprint density at radius 1 is 1.04 bits per heavy atom. The van der Waals surface area contributed by atoms with Crippen LogP contribution in [-0.4, -0.2) is 60.8 Å². The summed E-state index contributed by atoms with van der Waals surface area (Å²) < 4.78 is 84.0. The molecule has 0 fully saturated rings. The van der Waals surface area contributed by atoms with Crippen LogP contribution in [0.1, 0.15) is 28.3 Å². The first-order valence-electron chi connectivity index (χ1n) is 14.0. The van der Waals surface area contributed by atoms with Gasteiger partial charge in [0.05, 0.1) is 53.1 Å². The van der Waals surface area contributed by atoms with Crippen LogP contribution in [0.3, 0.4) is 0 Å². The van der Waals surface area contributed by atoms with Gasteiger partial charge in [0.15, 0.2) is 0 Å². The van der Waals surface area contributed by atoms with E-state index in [1.807, 2.05) is 0 Å². The number of benzene rings is 3. The fourth-order valence-electron chi connectivity index (χ4n) is 5.48. The minimum atomic E-state index is -4.66. The second-order valence-corrected chi connectivity index (χ2v) is 11.0. The van der Waals surface area contributed by atoms with Gasteiger partial charge in [-0.25, -0.2) is 18.2 Å². The van der Waals surface area contributed by atoms with Crippen LogP contribution in [0.5, 0.6) is 0 Å². The molecule has 6 radical (unpaired) electrons. The lowest BCUT2D eigenvalue weighted by Gasteiger charge is -2.41. The van der Waals surface area contributed by atoms with Crippen molar-refractivity contribution in [2.24, 2.45) is 0 Å². The second kappa shape index (κ2) is 14.0. The van der Waals surface area contributed by atoms with Gasteiger partial charge >= 0.3 is 6.18 Å². The Balaban J connectivity index is 2.16. The fourth-order valence-corrected chi connectivity index (χ4v) is 5.71. The van der Waals surface area contributed by atoms with Crippen LogP contribution in [0.4, 0.5) is 49.2 Å². The molecule has 1 unspecified atom stereocenters. The number of fused-ring (bicyclic) bond motifs is 1. The average molecular weight is 663 g/mol. The summed E-state index contributed by atoms with van der Waals surface area (Å²) in [5, 5.41) is 4.23. The maximum absolute atomic E-state index is 14.6. The van der Waals surface area contributed by atoms with E-state index in [0.29, 0.717) is 5.56 Å². The molecule has 1 atom stereocenters. The van der Waals surface area contributed by atoms with Gasteiger partial charge in [-0.2, -0.15) is 13.2 Å². The number of rotatable bonds is 12. The van der Waals surface area contributed by atoms with E-state index in [4.69, 9.17) is 35.1 Å². The Hall–Kier alpha value is -4.03. The van der Waals surface area contributed by atoms with Crippen LogP contribution in [-0.2, 0) is 6.18 Å². The molecule has 0 saturated carbocycles. The topological polar surface area (TPSA) is 43.4 Å². The van der Waals surface area contributed by atoms with Crippen molar-refractivity contribution < 1.29 is 26.3 Å². The molecule has 5 nitrogen and oxygen atoms in total. The highest BCUT2D eigenvalue weighted by molar-refractivity contribution is 6.61. The molecule has 4 aromatic rings. The van der Waals surface area contributed by atoms with E-state index in [1.165, 1.54) is 72.9 Å². The number of hydrogen-bond donors (Lipinski definition) is 2.